The molecule has 0 saturated heterocycles. The Morgan fingerprint density at radius 3 is 0.797 bits per heavy atom. The molecule has 0 fully saturated rings. The van der Waals surface area contributed by atoms with Crippen molar-refractivity contribution >= 4 is 17.9 Å². The molecule has 1 unspecified atom stereocenters. The Morgan fingerprint density at radius 2 is 0.494 bits per heavy atom. The minimum absolute atomic E-state index is 0.0920. The number of esters is 3. The Hall–Kier alpha value is -4.19. The van der Waals surface area contributed by atoms with E-state index in [1.807, 2.05) is 0 Å². The van der Waals surface area contributed by atoms with Gasteiger partial charge in [-0.3, -0.25) is 14.4 Å². The van der Waals surface area contributed by atoms with E-state index in [-0.39, 0.29) is 31.1 Å². The molecule has 0 amide bonds. The van der Waals surface area contributed by atoms with Crippen LogP contribution in [-0.2, 0) is 28.6 Å². The molecule has 0 aliphatic carbocycles. The number of carbonyl (C=O) groups is 3. The number of allylic oxidation sites excluding steroid dienone is 20. The zero-order valence-corrected chi connectivity index (χ0v) is 51.6. The fraction of sp³-hybridized carbons (Fsp3) is 0.685. The van der Waals surface area contributed by atoms with Gasteiger partial charge in [0.25, 0.3) is 0 Å². The molecule has 6 heteroatoms. The predicted octanol–water partition coefficient (Wildman–Crippen LogP) is 22.8. The Labute approximate surface area is 488 Å². The molecule has 0 bridgehead atoms. The molecule has 0 saturated carbocycles. The van der Waals surface area contributed by atoms with E-state index < -0.39 is 6.10 Å². The van der Waals surface area contributed by atoms with Crippen LogP contribution in [0.5, 0.6) is 0 Å². The monoisotopic (exact) mass is 1090 g/mol. The van der Waals surface area contributed by atoms with E-state index in [2.05, 4.69) is 142 Å². The van der Waals surface area contributed by atoms with Gasteiger partial charge in [-0.25, -0.2) is 0 Å². The van der Waals surface area contributed by atoms with Crippen LogP contribution in [0.15, 0.2) is 122 Å². The quantitative estimate of drug-likeness (QED) is 0.0261. The van der Waals surface area contributed by atoms with E-state index in [1.54, 1.807) is 0 Å². The van der Waals surface area contributed by atoms with Crippen molar-refractivity contribution in [2.24, 2.45) is 0 Å². The molecule has 0 aromatic rings. The van der Waals surface area contributed by atoms with Gasteiger partial charge >= 0.3 is 17.9 Å². The maximum Gasteiger partial charge on any atom is 0.306 e. The molecule has 0 spiro atoms. The van der Waals surface area contributed by atoms with Crippen molar-refractivity contribution in [2.45, 2.75) is 309 Å². The first-order valence-corrected chi connectivity index (χ1v) is 33.0. The standard InChI is InChI=1S/C73H122O6/c1-4-7-10-13-16-19-22-25-27-29-31-33-35-36-38-39-41-43-45-48-51-54-57-60-63-66-72(75)78-69-70(68-77-71(74)65-62-59-56-53-50-47-24-21-18-15-12-9-6-3)79-73(76)67-64-61-58-55-52-49-46-44-42-40-37-34-32-30-28-26-23-20-17-14-11-8-5-2/h7,10,16,19,21,23-27,30-33,36-38,40-41,43,70H,4-6,8-9,11-15,17-18,20,22,28-29,34-35,39,42,44-69H2,1-3H3/b10-7-,19-16-,24-21-,26-23-,27-25-,32-30-,33-31-,38-36-,40-37-,43-41-. The summed E-state index contributed by atoms with van der Waals surface area (Å²) in [7, 11) is 0. The molecule has 1 atom stereocenters. The molecule has 0 aromatic carbocycles. The van der Waals surface area contributed by atoms with Gasteiger partial charge in [-0.2, -0.15) is 0 Å². The number of ether oxygens (including phenoxy) is 3. The van der Waals surface area contributed by atoms with Crippen LogP contribution >= 0.6 is 0 Å². The summed E-state index contributed by atoms with van der Waals surface area (Å²) in [5.41, 5.74) is 0. The zero-order chi connectivity index (χ0) is 57.1. The fourth-order valence-electron chi connectivity index (χ4n) is 8.98. The average Bonchev–Trinajstić information content (AvgIpc) is 3.45. The molecule has 6 nitrogen and oxygen atoms in total. The molecule has 0 radical (unpaired) electrons. The van der Waals surface area contributed by atoms with Crippen molar-refractivity contribution in [3.05, 3.63) is 122 Å². The van der Waals surface area contributed by atoms with Gasteiger partial charge < -0.3 is 14.2 Å². The Bertz CT molecular complexity index is 1640. The van der Waals surface area contributed by atoms with Crippen LogP contribution in [0.3, 0.4) is 0 Å². The highest BCUT2D eigenvalue weighted by Crippen LogP contribution is 2.15. The van der Waals surface area contributed by atoms with Gasteiger partial charge in [-0.05, 0) is 135 Å². The lowest BCUT2D eigenvalue weighted by Gasteiger charge is -2.18. The van der Waals surface area contributed by atoms with E-state index in [0.717, 1.165) is 135 Å². The summed E-state index contributed by atoms with van der Waals surface area (Å²) in [4.78, 5) is 38.4. The average molecular weight is 1100 g/mol. The number of unbranched alkanes of at least 4 members (excludes halogenated alkanes) is 28. The van der Waals surface area contributed by atoms with E-state index >= 15 is 0 Å². The van der Waals surface area contributed by atoms with Gasteiger partial charge in [-0.15, -0.1) is 0 Å². The summed E-state index contributed by atoms with van der Waals surface area (Å²) in [5.74, 6) is -0.917. The van der Waals surface area contributed by atoms with Gasteiger partial charge in [0.05, 0.1) is 0 Å². The molecule has 450 valence electrons. The van der Waals surface area contributed by atoms with Crippen LogP contribution in [0.1, 0.15) is 303 Å². The molecule has 0 aromatic heterocycles. The van der Waals surface area contributed by atoms with Crippen molar-refractivity contribution in [1.82, 2.24) is 0 Å². The van der Waals surface area contributed by atoms with Crippen LogP contribution in [0, 0.1) is 0 Å². The number of hydrogen-bond acceptors (Lipinski definition) is 6. The van der Waals surface area contributed by atoms with E-state index in [1.165, 1.54) is 128 Å². The first-order valence-electron chi connectivity index (χ1n) is 33.0. The Kier molecular flexibility index (Phi) is 62.8. The van der Waals surface area contributed by atoms with Gasteiger partial charge in [0, 0.05) is 19.3 Å². The maximum absolute atomic E-state index is 12.9. The minimum atomic E-state index is -0.797. The lowest BCUT2D eigenvalue weighted by atomic mass is 10.1. The van der Waals surface area contributed by atoms with Crippen LogP contribution in [0.25, 0.3) is 0 Å². The largest absolute Gasteiger partial charge is 0.462 e. The second-order valence-corrected chi connectivity index (χ2v) is 21.6. The highest BCUT2D eigenvalue weighted by molar-refractivity contribution is 5.71. The normalized spacial score (nSPS) is 12.9. The van der Waals surface area contributed by atoms with Gasteiger partial charge in [-0.1, -0.05) is 271 Å². The summed E-state index contributed by atoms with van der Waals surface area (Å²) >= 11 is 0. The summed E-state index contributed by atoms with van der Waals surface area (Å²) in [6.45, 7) is 6.49. The van der Waals surface area contributed by atoms with Crippen LogP contribution < -0.4 is 0 Å². The summed E-state index contributed by atoms with van der Waals surface area (Å²) in [5, 5.41) is 0. The van der Waals surface area contributed by atoms with Crippen molar-refractivity contribution in [2.75, 3.05) is 13.2 Å². The van der Waals surface area contributed by atoms with E-state index in [4.69, 9.17) is 14.2 Å². The minimum Gasteiger partial charge on any atom is -0.462 e. The zero-order valence-electron chi connectivity index (χ0n) is 51.6. The molecule has 79 heavy (non-hydrogen) atoms. The SMILES string of the molecule is CC/C=C\C/C=C\C/C=C\C/C=C\C/C=C\C/C=C\CCCCCCCCC(=O)OCC(COC(=O)CCCCCCC/C=C\CCCCCC)OC(=O)CCCCCCCCCC/C=C\C/C=C\C/C=C\CCCCCCC. The van der Waals surface area contributed by atoms with E-state index in [9.17, 15) is 14.4 Å². The van der Waals surface area contributed by atoms with Crippen LogP contribution in [0.4, 0.5) is 0 Å². The Morgan fingerprint density at radius 1 is 0.266 bits per heavy atom. The lowest BCUT2D eigenvalue weighted by Crippen LogP contribution is -2.30. The van der Waals surface area contributed by atoms with Crippen LogP contribution in [0.2, 0.25) is 0 Å². The lowest BCUT2D eigenvalue weighted by molar-refractivity contribution is -0.167. The molecular weight excluding hydrogens is 973 g/mol. The van der Waals surface area contributed by atoms with E-state index in [0.29, 0.717) is 19.3 Å². The molecule has 0 aliphatic heterocycles. The third-order valence-corrected chi connectivity index (χ3v) is 13.9. The summed E-state index contributed by atoms with van der Waals surface area (Å²) in [6, 6.07) is 0. The van der Waals surface area contributed by atoms with Crippen molar-refractivity contribution in [3.8, 4) is 0 Å². The fourth-order valence-corrected chi connectivity index (χ4v) is 8.98. The molecule has 0 rings (SSSR count). The molecule has 0 heterocycles. The van der Waals surface area contributed by atoms with Gasteiger partial charge in [0.15, 0.2) is 6.10 Å². The summed E-state index contributed by atoms with van der Waals surface area (Å²) in [6.07, 6.45) is 92.0. The number of carbonyl (C=O) groups excluding carboxylic acids is 3. The number of rotatable bonds is 59. The number of hydrogen-bond donors (Lipinski definition) is 0. The highest BCUT2D eigenvalue weighted by atomic mass is 16.6. The molecule has 0 aliphatic rings. The second-order valence-electron chi connectivity index (χ2n) is 21.6. The first kappa shape index (κ1) is 74.8. The maximum atomic E-state index is 12.9. The summed E-state index contributed by atoms with van der Waals surface area (Å²) < 4.78 is 16.9. The topological polar surface area (TPSA) is 78.9 Å². The third kappa shape index (κ3) is 64.5. The van der Waals surface area contributed by atoms with Gasteiger partial charge in [0.2, 0.25) is 0 Å². The predicted molar refractivity (Wildman–Crippen MR) is 343 cm³/mol. The van der Waals surface area contributed by atoms with Gasteiger partial charge in [0.1, 0.15) is 13.2 Å². The first-order chi connectivity index (χ1) is 39.0. The molecule has 0 N–H and O–H groups in total. The third-order valence-electron chi connectivity index (χ3n) is 13.9. The Balaban J connectivity index is 4.40. The van der Waals surface area contributed by atoms with Crippen molar-refractivity contribution in [3.63, 3.8) is 0 Å². The molecular formula is C73H122O6. The smallest absolute Gasteiger partial charge is 0.306 e. The van der Waals surface area contributed by atoms with Crippen molar-refractivity contribution in [1.29, 1.82) is 0 Å². The highest BCUT2D eigenvalue weighted by Gasteiger charge is 2.19. The second kappa shape index (κ2) is 66.3. The van der Waals surface area contributed by atoms with Crippen molar-refractivity contribution < 1.29 is 28.6 Å². The van der Waals surface area contributed by atoms with Crippen LogP contribution in [-0.4, -0.2) is 37.2 Å².